The quantitative estimate of drug-likeness (QED) is 0.278. The fraction of sp³-hybridized carbons (Fsp3) is 0.462. The Kier molecular flexibility index (Phi) is 8.03. The molecule has 0 saturated heterocycles. The van der Waals surface area contributed by atoms with E-state index in [2.05, 4.69) is 57.2 Å². The van der Waals surface area contributed by atoms with Gasteiger partial charge in [0.15, 0.2) is 5.78 Å². The highest BCUT2D eigenvalue weighted by Crippen LogP contribution is 2.35. The van der Waals surface area contributed by atoms with Crippen LogP contribution >= 0.6 is 0 Å². The van der Waals surface area contributed by atoms with Crippen molar-refractivity contribution in [1.29, 1.82) is 0 Å². The molecule has 0 N–H and O–H groups in total. The van der Waals surface area contributed by atoms with Crippen molar-refractivity contribution < 1.29 is 9.21 Å². The third kappa shape index (κ3) is 6.06. The Morgan fingerprint density at radius 2 is 1.93 bits per heavy atom. The standard InChI is InChI=1S/C26H35NO2Si/c1-8-10-16-22-24(29-25(27-22)13-9-2)19-23(28)21-15-12-11-14-20(21)17-18-30(6,7)26(3,4)5/h9,11-15H,8,10,16,19H2,1-7H3/b13-9+. The average molecular weight is 422 g/mol. The molecule has 160 valence electrons. The molecular weight excluding hydrogens is 386 g/mol. The van der Waals surface area contributed by atoms with Crippen molar-refractivity contribution in [2.75, 3.05) is 0 Å². The van der Waals surface area contributed by atoms with Crippen LogP contribution < -0.4 is 0 Å². The maximum atomic E-state index is 13.2. The molecule has 0 bridgehead atoms. The molecule has 2 aromatic rings. The molecule has 0 atom stereocenters. The minimum absolute atomic E-state index is 0.0241. The SMILES string of the molecule is C/C=C/c1nc(CCCC)c(CC(=O)c2ccccc2C#C[Si](C)(C)C(C)(C)C)o1. The highest BCUT2D eigenvalue weighted by Gasteiger charge is 2.33. The second-order valence-electron chi connectivity index (χ2n) is 9.30. The lowest BCUT2D eigenvalue weighted by atomic mass is 10.00. The summed E-state index contributed by atoms with van der Waals surface area (Å²) in [5.74, 6) is 4.60. The number of rotatable bonds is 7. The van der Waals surface area contributed by atoms with Gasteiger partial charge in [-0.15, -0.1) is 5.54 Å². The number of ketones is 1. The molecule has 1 heterocycles. The van der Waals surface area contributed by atoms with Crippen LogP contribution in [0.5, 0.6) is 0 Å². The summed E-state index contributed by atoms with van der Waals surface area (Å²) in [6.07, 6.45) is 6.87. The van der Waals surface area contributed by atoms with E-state index in [1.165, 1.54) is 0 Å². The van der Waals surface area contributed by atoms with Crippen molar-refractivity contribution in [3.63, 3.8) is 0 Å². The number of aryl methyl sites for hydroxylation is 1. The third-order valence-electron chi connectivity index (χ3n) is 5.80. The Balaban J connectivity index is 2.34. The Morgan fingerprint density at radius 3 is 2.57 bits per heavy atom. The first-order valence-corrected chi connectivity index (χ1v) is 13.9. The van der Waals surface area contributed by atoms with Crippen molar-refractivity contribution in [2.45, 2.75) is 78.4 Å². The van der Waals surface area contributed by atoms with Gasteiger partial charge in [-0.25, -0.2) is 4.98 Å². The zero-order valence-corrected chi connectivity index (χ0v) is 20.6. The summed E-state index contributed by atoms with van der Waals surface area (Å²) in [5.41, 5.74) is 5.88. The van der Waals surface area contributed by atoms with E-state index in [1.54, 1.807) is 0 Å². The highest BCUT2D eigenvalue weighted by atomic mass is 28.3. The predicted molar refractivity (Wildman–Crippen MR) is 128 cm³/mol. The van der Waals surface area contributed by atoms with Crippen molar-refractivity contribution >= 4 is 19.9 Å². The normalized spacial score (nSPS) is 12.1. The van der Waals surface area contributed by atoms with Crippen molar-refractivity contribution in [1.82, 2.24) is 4.98 Å². The largest absolute Gasteiger partial charge is 0.441 e. The van der Waals surface area contributed by atoms with Crippen LogP contribution in [0.3, 0.4) is 0 Å². The number of Topliss-reactive ketones (excluding diaryl/α,β-unsaturated/α-hetero) is 1. The first-order chi connectivity index (χ1) is 14.1. The van der Waals surface area contributed by atoms with Gasteiger partial charge in [0.2, 0.25) is 5.89 Å². The summed E-state index contributed by atoms with van der Waals surface area (Å²) in [7, 11) is -1.76. The maximum Gasteiger partial charge on any atom is 0.218 e. The molecule has 0 saturated carbocycles. The van der Waals surface area contributed by atoms with E-state index in [4.69, 9.17) is 4.42 Å². The number of oxazole rings is 1. The molecule has 0 spiro atoms. The number of unbranched alkanes of at least 4 members (excludes halogenated alkanes) is 1. The Hall–Kier alpha value is -2.38. The van der Waals surface area contributed by atoms with Crippen molar-refractivity contribution in [2.24, 2.45) is 0 Å². The summed E-state index contributed by atoms with van der Waals surface area (Å²) in [5, 5.41) is 0.177. The molecule has 1 aromatic carbocycles. The van der Waals surface area contributed by atoms with E-state index in [9.17, 15) is 4.79 Å². The third-order valence-corrected chi connectivity index (χ3v) is 10.3. The van der Waals surface area contributed by atoms with Gasteiger partial charge in [-0.05, 0) is 36.9 Å². The van der Waals surface area contributed by atoms with Crippen LogP contribution in [0.25, 0.3) is 6.08 Å². The van der Waals surface area contributed by atoms with Crippen LogP contribution in [0, 0.1) is 11.5 Å². The van der Waals surface area contributed by atoms with Crippen LogP contribution in [0.2, 0.25) is 18.1 Å². The van der Waals surface area contributed by atoms with Gasteiger partial charge in [-0.3, -0.25) is 4.79 Å². The van der Waals surface area contributed by atoms with Gasteiger partial charge < -0.3 is 4.42 Å². The molecule has 0 aliphatic heterocycles. The van der Waals surface area contributed by atoms with E-state index in [0.29, 0.717) is 17.2 Å². The number of aromatic nitrogens is 1. The number of hydrogen-bond acceptors (Lipinski definition) is 3. The van der Waals surface area contributed by atoms with E-state index >= 15 is 0 Å². The summed E-state index contributed by atoms with van der Waals surface area (Å²) < 4.78 is 5.90. The van der Waals surface area contributed by atoms with Gasteiger partial charge in [0.25, 0.3) is 0 Å². The maximum absolute atomic E-state index is 13.2. The molecule has 3 nitrogen and oxygen atoms in total. The lowest BCUT2D eigenvalue weighted by Gasteiger charge is -2.31. The van der Waals surface area contributed by atoms with Crippen LogP contribution in [0.1, 0.15) is 80.7 Å². The summed E-state index contributed by atoms with van der Waals surface area (Å²) in [6.45, 7) is 15.4. The number of benzene rings is 1. The van der Waals surface area contributed by atoms with Gasteiger partial charge in [-0.2, -0.15) is 0 Å². The van der Waals surface area contributed by atoms with Gasteiger partial charge in [0.05, 0.1) is 12.1 Å². The topological polar surface area (TPSA) is 43.1 Å². The molecule has 2 rings (SSSR count). The predicted octanol–water partition coefficient (Wildman–Crippen LogP) is 6.87. The van der Waals surface area contributed by atoms with E-state index < -0.39 is 8.07 Å². The highest BCUT2D eigenvalue weighted by molar-refractivity contribution is 6.87. The Bertz CT molecular complexity index is 965. The average Bonchev–Trinajstić information content (AvgIpc) is 3.05. The summed E-state index contributed by atoms with van der Waals surface area (Å²) in [6, 6.07) is 7.65. The second-order valence-corrected chi connectivity index (χ2v) is 14.3. The van der Waals surface area contributed by atoms with Gasteiger partial charge in [0, 0.05) is 11.1 Å². The first-order valence-electron chi connectivity index (χ1n) is 10.9. The number of carbonyl (C=O) groups is 1. The minimum atomic E-state index is -1.76. The zero-order chi connectivity index (χ0) is 22.4. The minimum Gasteiger partial charge on any atom is -0.441 e. The molecule has 0 fully saturated rings. The van der Waals surface area contributed by atoms with Gasteiger partial charge >= 0.3 is 0 Å². The van der Waals surface area contributed by atoms with Crippen LogP contribution in [-0.2, 0) is 12.8 Å². The molecule has 4 heteroatoms. The number of nitrogens with zero attached hydrogens (tertiary/aromatic N) is 1. The Morgan fingerprint density at radius 1 is 1.23 bits per heavy atom. The monoisotopic (exact) mass is 421 g/mol. The molecular formula is C26H35NO2Si. The van der Waals surface area contributed by atoms with Crippen molar-refractivity contribution in [3.05, 3.63) is 58.8 Å². The number of carbonyl (C=O) groups excluding carboxylic acids is 1. The van der Waals surface area contributed by atoms with Gasteiger partial charge in [-0.1, -0.05) is 77.4 Å². The fourth-order valence-corrected chi connectivity index (χ4v) is 3.60. The van der Waals surface area contributed by atoms with E-state index in [0.717, 1.165) is 30.5 Å². The van der Waals surface area contributed by atoms with Crippen LogP contribution in [-0.4, -0.2) is 18.8 Å². The molecule has 0 aliphatic carbocycles. The molecule has 30 heavy (non-hydrogen) atoms. The molecule has 0 radical (unpaired) electrons. The number of hydrogen-bond donors (Lipinski definition) is 0. The zero-order valence-electron chi connectivity index (χ0n) is 19.6. The number of allylic oxidation sites excluding steroid dienone is 1. The summed E-state index contributed by atoms with van der Waals surface area (Å²) in [4.78, 5) is 17.8. The van der Waals surface area contributed by atoms with Crippen molar-refractivity contribution in [3.8, 4) is 11.5 Å². The van der Waals surface area contributed by atoms with E-state index in [-0.39, 0.29) is 17.2 Å². The molecule has 1 aromatic heterocycles. The van der Waals surface area contributed by atoms with Gasteiger partial charge in [0.1, 0.15) is 13.8 Å². The van der Waals surface area contributed by atoms with E-state index in [1.807, 2.05) is 43.3 Å². The first kappa shape index (κ1) is 23.9. The smallest absolute Gasteiger partial charge is 0.218 e. The molecule has 0 amide bonds. The van der Waals surface area contributed by atoms with Crippen LogP contribution in [0.4, 0.5) is 0 Å². The fourth-order valence-electron chi connectivity index (χ4n) is 2.78. The summed E-state index contributed by atoms with van der Waals surface area (Å²) >= 11 is 0. The lowest BCUT2D eigenvalue weighted by molar-refractivity contribution is 0.0986. The lowest BCUT2D eigenvalue weighted by Crippen LogP contribution is -2.35. The molecule has 0 aliphatic rings. The van der Waals surface area contributed by atoms with Crippen LogP contribution in [0.15, 0.2) is 34.8 Å². The second kappa shape index (κ2) is 10.1. The molecule has 0 unspecified atom stereocenters. The Labute approximate surface area is 183 Å².